The van der Waals surface area contributed by atoms with E-state index in [2.05, 4.69) is 5.32 Å². The standard InChI is InChI=1S/C23H31N3O6/c1-3-31-23(30)17-8-5-11-26(14-17)20(27)15-25(2)22(29)16-7-4-9-18(13-16)24-21(28)19-10-6-12-32-19/h4,7,9,13,17,19H,3,5-6,8,10-12,14-15H2,1-2H3,(H,24,28). The zero-order valence-corrected chi connectivity index (χ0v) is 18.7. The number of nitrogens with zero attached hydrogens (tertiary/aromatic N) is 2. The van der Waals surface area contributed by atoms with Gasteiger partial charge in [0.1, 0.15) is 6.10 Å². The van der Waals surface area contributed by atoms with Crippen LogP contribution in [0.3, 0.4) is 0 Å². The van der Waals surface area contributed by atoms with E-state index in [1.807, 2.05) is 0 Å². The Balaban J connectivity index is 1.56. The van der Waals surface area contributed by atoms with Crippen molar-refractivity contribution in [1.82, 2.24) is 9.80 Å². The summed E-state index contributed by atoms with van der Waals surface area (Å²) in [5.41, 5.74) is 0.873. The van der Waals surface area contributed by atoms with Crippen molar-refractivity contribution in [1.29, 1.82) is 0 Å². The van der Waals surface area contributed by atoms with Crippen molar-refractivity contribution < 1.29 is 28.7 Å². The van der Waals surface area contributed by atoms with Gasteiger partial charge in [-0.3, -0.25) is 19.2 Å². The fraction of sp³-hybridized carbons (Fsp3) is 0.565. The number of likely N-dealkylation sites (N-methyl/N-ethyl adjacent to an activating group) is 1. The van der Waals surface area contributed by atoms with Gasteiger partial charge < -0.3 is 24.6 Å². The van der Waals surface area contributed by atoms with Crippen LogP contribution in [0.2, 0.25) is 0 Å². The lowest BCUT2D eigenvalue weighted by atomic mass is 9.98. The summed E-state index contributed by atoms with van der Waals surface area (Å²) in [6.45, 7) is 3.42. The molecule has 2 atom stereocenters. The molecular weight excluding hydrogens is 414 g/mol. The molecule has 0 aliphatic carbocycles. The van der Waals surface area contributed by atoms with Crippen LogP contribution in [-0.2, 0) is 23.9 Å². The number of likely N-dealkylation sites (tertiary alicyclic amines) is 1. The summed E-state index contributed by atoms with van der Waals surface area (Å²) >= 11 is 0. The predicted octanol–water partition coefficient (Wildman–Crippen LogP) is 1.68. The summed E-state index contributed by atoms with van der Waals surface area (Å²) < 4.78 is 10.5. The van der Waals surface area contributed by atoms with Crippen LogP contribution in [-0.4, -0.2) is 79.5 Å². The van der Waals surface area contributed by atoms with E-state index < -0.39 is 6.10 Å². The van der Waals surface area contributed by atoms with Gasteiger partial charge in [-0.2, -0.15) is 0 Å². The lowest BCUT2D eigenvalue weighted by molar-refractivity contribution is -0.151. The predicted molar refractivity (Wildman–Crippen MR) is 117 cm³/mol. The summed E-state index contributed by atoms with van der Waals surface area (Å²) in [4.78, 5) is 52.8. The normalized spacial score (nSPS) is 20.5. The number of amides is 3. The molecule has 9 heteroatoms. The molecule has 2 aliphatic rings. The second-order valence-corrected chi connectivity index (χ2v) is 8.16. The third-order valence-corrected chi connectivity index (χ3v) is 5.71. The number of ether oxygens (including phenoxy) is 2. The topological polar surface area (TPSA) is 105 Å². The van der Waals surface area contributed by atoms with Gasteiger partial charge in [0.15, 0.2) is 0 Å². The molecule has 2 heterocycles. The molecule has 2 aliphatic heterocycles. The van der Waals surface area contributed by atoms with Gasteiger partial charge >= 0.3 is 5.97 Å². The Hall–Kier alpha value is -2.94. The van der Waals surface area contributed by atoms with Crippen LogP contribution in [0.5, 0.6) is 0 Å². The van der Waals surface area contributed by atoms with Crippen LogP contribution in [0.1, 0.15) is 43.0 Å². The minimum absolute atomic E-state index is 0.0963. The van der Waals surface area contributed by atoms with Gasteiger partial charge in [-0.05, 0) is 50.8 Å². The molecule has 1 aromatic carbocycles. The van der Waals surface area contributed by atoms with Crippen LogP contribution in [0.15, 0.2) is 24.3 Å². The number of anilines is 1. The number of nitrogens with one attached hydrogen (secondary N) is 1. The monoisotopic (exact) mass is 445 g/mol. The molecule has 2 fully saturated rings. The third kappa shape index (κ3) is 6.06. The average molecular weight is 446 g/mol. The van der Waals surface area contributed by atoms with Gasteiger partial charge in [0.2, 0.25) is 5.91 Å². The molecule has 0 saturated carbocycles. The van der Waals surface area contributed by atoms with Crippen molar-refractivity contribution in [2.24, 2.45) is 5.92 Å². The Morgan fingerprint density at radius 1 is 1.22 bits per heavy atom. The summed E-state index contributed by atoms with van der Waals surface area (Å²) in [6.07, 6.45) is 2.49. The number of rotatable bonds is 7. The average Bonchev–Trinajstić information content (AvgIpc) is 3.34. The lowest BCUT2D eigenvalue weighted by Gasteiger charge is -2.32. The van der Waals surface area contributed by atoms with E-state index >= 15 is 0 Å². The molecule has 2 unspecified atom stereocenters. The molecule has 0 spiro atoms. The van der Waals surface area contributed by atoms with E-state index in [1.54, 1.807) is 43.1 Å². The van der Waals surface area contributed by atoms with Crippen molar-refractivity contribution in [2.45, 2.75) is 38.7 Å². The largest absolute Gasteiger partial charge is 0.466 e. The Morgan fingerprint density at radius 3 is 2.75 bits per heavy atom. The minimum Gasteiger partial charge on any atom is -0.466 e. The van der Waals surface area contributed by atoms with Gasteiger partial charge in [-0.25, -0.2) is 0 Å². The second kappa shape index (κ2) is 11.1. The van der Waals surface area contributed by atoms with Gasteiger partial charge in [0.25, 0.3) is 11.8 Å². The molecule has 3 rings (SSSR count). The van der Waals surface area contributed by atoms with Gasteiger partial charge in [0.05, 0.1) is 19.1 Å². The first-order valence-corrected chi connectivity index (χ1v) is 11.1. The van der Waals surface area contributed by atoms with Crippen LogP contribution in [0.4, 0.5) is 5.69 Å². The number of piperidine rings is 1. The molecule has 0 bridgehead atoms. The minimum atomic E-state index is -0.461. The molecule has 174 valence electrons. The van der Waals surface area contributed by atoms with E-state index in [-0.39, 0.29) is 36.2 Å². The number of esters is 1. The smallest absolute Gasteiger partial charge is 0.310 e. The Kier molecular flexibility index (Phi) is 8.21. The van der Waals surface area contributed by atoms with Crippen molar-refractivity contribution in [3.05, 3.63) is 29.8 Å². The molecule has 2 saturated heterocycles. The van der Waals surface area contributed by atoms with E-state index in [1.165, 1.54) is 4.90 Å². The molecule has 9 nitrogen and oxygen atoms in total. The number of hydrogen-bond donors (Lipinski definition) is 1. The fourth-order valence-electron chi connectivity index (χ4n) is 3.99. The molecular formula is C23H31N3O6. The Bertz CT molecular complexity index is 852. The van der Waals surface area contributed by atoms with Gasteiger partial charge in [-0.15, -0.1) is 0 Å². The molecule has 32 heavy (non-hydrogen) atoms. The zero-order valence-electron chi connectivity index (χ0n) is 18.7. The second-order valence-electron chi connectivity index (χ2n) is 8.16. The maximum Gasteiger partial charge on any atom is 0.310 e. The summed E-state index contributed by atoms with van der Waals surface area (Å²) in [5, 5.41) is 2.78. The quantitative estimate of drug-likeness (QED) is 0.640. The van der Waals surface area contributed by atoms with Gasteiger partial charge in [0, 0.05) is 38.0 Å². The number of hydrogen-bond acceptors (Lipinski definition) is 6. The van der Waals surface area contributed by atoms with E-state index in [4.69, 9.17) is 9.47 Å². The molecule has 3 amide bonds. The summed E-state index contributed by atoms with van der Waals surface area (Å²) in [5.74, 6) is -1.37. The molecule has 1 aromatic rings. The Morgan fingerprint density at radius 2 is 2.03 bits per heavy atom. The SMILES string of the molecule is CCOC(=O)C1CCCN(C(=O)CN(C)C(=O)c2cccc(NC(=O)C3CCCO3)c2)C1. The zero-order chi connectivity index (χ0) is 23.1. The number of carbonyl (C=O) groups is 4. The van der Waals surface area contributed by atoms with Gasteiger partial charge in [-0.1, -0.05) is 6.07 Å². The van der Waals surface area contributed by atoms with Crippen molar-refractivity contribution in [3.8, 4) is 0 Å². The highest BCUT2D eigenvalue weighted by Gasteiger charge is 2.30. The van der Waals surface area contributed by atoms with Crippen molar-refractivity contribution >= 4 is 29.4 Å². The summed E-state index contributed by atoms with van der Waals surface area (Å²) in [7, 11) is 1.56. The lowest BCUT2D eigenvalue weighted by Crippen LogP contribution is -2.47. The van der Waals surface area contributed by atoms with Crippen LogP contribution in [0, 0.1) is 5.92 Å². The summed E-state index contributed by atoms with van der Waals surface area (Å²) in [6, 6.07) is 6.62. The first-order valence-electron chi connectivity index (χ1n) is 11.1. The maximum absolute atomic E-state index is 12.9. The first kappa shape index (κ1) is 23.7. The van der Waals surface area contributed by atoms with E-state index in [0.29, 0.717) is 50.4 Å². The molecule has 1 N–H and O–H groups in total. The highest BCUT2D eigenvalue weighted by atomic mass is 16.5. The highest BCUT2D eigenvalue weighted by molar-refractivity contribution is 5.99. The van der Waals surface area contributed by atoms with Crippen molar-refractivity contribution in [2.75, 3.05) is 45.2 Å². The van der Waals surface area contributed by atoms with E-state index in [0.717, 1.165) is 12.8 Å². The van der Waals surface area contributed by atoms with Crippen LogP contribution >= 0.6 is 0 Å². The molecule has 0 aromatic heterocycles. The Labute approximate surface area is 188 Å². The first-order chi connectivity index (χ1) is 15.4. The maximum atomic E-state index is 12.9. The highest BCUT2D eigenvalue weighted by Crippen LogP contribution is 2.19. The number of carbonyl (C=O) groups excluding carboxylic acids is 4. The van der Waals surface area contributed by atoms with E-state index in [9.17, 15) is 19.2 Å². The number of benzene rings is 1. The van der Waals surface area contributed by atoms with Crippen LogP contribution in [0.25, 0.3) is 0 Å². The van der Waals surface area contributed by atoms with Crippen LogP contribution < -0.4 is 5.32 Å². The van der Waals surface area contributed by atoms with Crippen molar-refractivity contribution in [3.63, 3.8) is 0 Å². The molecule has 0 radical (unpaired) electrons. The fourth-order valence-corrected chi connectivity index (χ4v) is 3.99. The third-order valence-electron chi connectivity index (χ3n) is 5.71.